The Kier molecular flexibility index (Phi) is 4.02. The summed E-state index contributed by atoms with van der Waals surface area (Å²) in [6.07, 6.45) is 1.64. The van der Waals surface area contributed by atoms with Gasteiger partial charge in [0, 0.05) is 12.5 Å². The quantitative estimate of drug-likeness (QED) is 0.928. The summed E-state index contributed by atoms with van der Waals surface area (Å²) < 4.78 is 33.8. The number of rotatable bonds is 2. The first-order valence-electron chi connectivity index (χ1n) is 7.21. The Morgan fingerprint density at radius 3 is 2.64 bits per heavy atom. The molecule has 1 aliphatic rings. The fourth-order valence-corrected chi connectivity index (χ4v) is 3.01. The van der Waals surface area contributed by atoms with Crippen LogP contribution in [0.2, 0.25) is 0 Å². The molecule has 4 nitrogen and oxygen atoms in total. The summed E-state index contributed by atoms with van der Waals surface area (Å²) in [4.78, 5) is 12.2. The molecule has 2 heterocycles. The lowest BCUT2D eigenvalue weighted by molar-refractivity contribution is 0.0802. The van der Waals surface area contributed by atoms with Crippen LogP contribution in [-0.4, -0.2) is 23.4 Å². The molecule has 1 saturated heterocycles. The van der Waals surface area contributed by atoms with E-state index in [4.69, 9.17) is 4.74 Å². The second-order valence-corrected chi connectivity index (χ2v) is 5.44. The van der Waals surface area contributed by atoms with Gasteiger partial charge in [-0.25, -0.2) is 13.9 Å². The van der Waals surface area contributed by atoms with Gasteiger partial charge in [0.2, 0.25) is 0 Å². The van der Waals surface area contributed by atoms with Crippen molar-refractivity contribution in [2.75, 3.05) is 13.2 Å². The number of H-pyrrole nitrogens is 1. The highest BCUT2D eigenvalue weighted by atomic mass is 19.1. The van der Waals surface area contributed by atoms with Crippen molar-refractivity contribution in [1.29, 1.82) is 0 Å². The fraction of sp³-hybridized carbons (Fsp3) is 0.375. The number of halogens is 2. The van der Waals surface area contributed by atoms with Gasteiger partial charge in [0.25, 0.3) is 5.56 Å². The van der Waals surface area contributed by atoms with Gasteiger partial charge in [0.15, 0.2) is 0 Å². The molecule has 0 aliphatic carbocycles. The largest absolute Gasteiger partial charge is 0.381 e. The molecule has 1 aromatic carbocycles. The Hall–Kier alpha value is -2.08. The fourth-order valence-electron chi connectivity index (χ4n) is 3.01. The second-order valence-electron chi connectivity index (χ2n) is 5.44. The van der Waals surface area contributed by atoms with Crippen LogP contribution in [0.15, 0.2) is 23.0 Å². The maximum atomic E-state index is 14.2. The minimum atomic E-state index is -0.755. The third kappa shape index (κ3) is 2.54. The molecular weight excluding hydrogens is 290 g/mol. The highest BCUT2D eigenvalue weighted by molar-refractivity contribution is 5.69. The van der Waals surface area contributed by atoms with E-state index in [1.807, 2.05) is 0 Å². The van der Waals surface area contributed by atoms with Gasteiger partial charge in [-0.15, -0.1) is 0 Å². The maximum Gasteiger partial charge on any atom is 0.272 e. The Bertz CT molecular complexity index is 732. The number of ether oxygens (including phenoxy) is 1. The van der Waals surface area contributed by atoms with Crippen LogP contribution in [0.4, 0.5) is 8.78 Å². The molecule has 0 spiro atoms. The van der Waals surface area contributed by atoms with Gasteiger partial charge in [0.1, 0.15) is 11.6 Å². The molecule has 1 fully saturated rings. The van der Waals surface area contributed by atoms with Gasteiger partial charge in [-0.2, -0.15) is 5.10 Å². The van der Waals surface area contributed by atoms with Gasteiger partial charge in [-0.3, -0.25) is 4.79 Å². The minimum Gasteiger partial charge on any atom is -0.381 e. The lowest BCUT2D eigenvalue weighted by Crippen LogP contribution is -2.23. The van der Waals surface area contributed by atoms with Crippen molar-refractivity contribution in [2.24, 2.45) is 0 Å². The summed E-state index contributed by atoms with van der Waals surface area (Å²) in [6, 6.07) is 3.57. The molecule has 1 aliphatic heterocycles. The zero-order valence-electron chi connectivity index (χ0n) is 12.2. The first-order chi connectivity index (χ1) is 10.6. The Labute approximate surface area is 126 Å². The van der Waals surface area contributed by atoms with Crippen LogP contribution in [0.25, 0.3) is 11.1 Å². The molecule has 0 amide bonds. The van der Waals surface area contributed by atoms with Crippen LogP contribution in [0.1, 0.15) is 30.0 Å². The predicted molar refractivity (Wildman–Crippen MR) is 77.7 cm³/mol. The summed E-state index contributed by atoms with van der Waals surface area (Å²) in [7, 11) is 0. The normalized spacial score (nSPS) is 18.4. The highest BCUT2D eigenvalue weighted by Crippen LogP contribution is 2.35. The van der Waals surface area contributed by atoms with E-state index in [1.54, 1.807) is 6.92 Å². The first-order valence-corrected chi connectivity index (χ1v) is 7.21. The third-order valence-electron chi connectivity index (χ3n) is 3.99. The average Bonchev–Trinajstić information content (AvgIpc) is 2.51. The van der Waals surface area contributed by atoms with Crippen LogP contribution in [0, 0.1) is 18.6 Å². The second kappa shape index (κ2) is 5.96. The van der Waals surface area contributed by atoms with Crippen LogP contribution >= 0.6 is 0 Å². The highest BCUT2D eigenvalue weighted by Gasteiger charge is 2.27. The summed E-state index contributed by atoms with van der Waals surface area (Å²) in [5.41, 5.74) is 0.281. The molecule has 0 saturated carbocycles. The van der Waals surface area contributed by atoms with Crippen molar-refractivity contribution in [3.05, 3.63) is 51.4 Å². The Balaban J connectivity index is 2.27. The molecule has 0 bridgehead atoms. The Morgan fingerprint density at radius 2 is 2.00 bits per heavy atom. The Morgan fingerprint density at radius 1 is 1.27 bits per heavy atom. The zero-order valence-corrected chi connectivity index (χ0v) is 12.2. The van der Waals surface area contributed by atoms with Crippen LogP contribution in [-0.2, 0) is 4.74 Å². The molecule has 6 heteroatoms. The zero-order chi connectivity index (χ0) is 15.7. The summed E-state index contributed by atoms with van der Waals surface area (Å²) >= 11 is 0. The molecule has 0 radical (unpaired) electrons. The van der Waals surface area contributed by atoms with Crippen molar-refractivity contribution < 1.29 is 13.5 Å². The lowest BCUT2D eigenvalue weighted by atomic mass is 9.87. The van der Waals surface area contributed by atoms with Gasteiger partial charge >= 0.3 is 0 Å². The van der Waals surface area contributed by atoms with Crippen molar-refractivity contribution in [3.63, 3.8) is 0 Å². The number of hydrogen-bond donors (Lipinski definition) is 1. The van der Waals surface area contributed by atoms with E-state index in [-0.39, 0.29) is 17.0 Å². The molecule has 116 valence electrons. The third-order valence-corrected chi connectivity index (χ3v) is 3.99. The molecule has 2 aromatic rings. The number of aromatic nitrogens is 2. The monoisotopic (exact) mass is 306 g/mol. The minimum absolute atomic E-state index is 0.0265. The standard InChI is InChI=1S/C16H16F2N2O2/c1-9-13(10-4-3-7-22-8-10)15(16(21)20-19-9)14-11(17)5-2-6-12(14)18/h2,5-6,10H,3-4,7-8H2,1H3,(H,20,21). The number of aromatic amines is 1. The van der Waals surface area contributed by atoms with E-state index in [0.717, 1.165) is 25.0 Å². The van der Waals surface area contributed by atoms with E-state index in [2.05, 4.69) is 10.2 Å². The molecule has 1 N–H and O–H groups in total. The predicted octanol–water partition coefficient (Wildman–Crippen LogP) is 2.92. The molecule has 1 unspecified atom stereocenters. The number of nitrogens with zero attached hydrogens (tertiary/aromatic N) is 1. The number of aryl methyl sites for hydroxylation is 1. The van der Waals surface area contributed by atoms with Gasteiger partial charge in [-0.1, -0.05) is 6.07 Å². The van der Waals surface area contributed by atoms with Gasteiger partial charge in [-0.05, 0) is 37.5 Å². The van der Waals surface area contributed by atoms with Crippen molar-refractivity contribution >= 4 is 0 Å². The molecule has 22 heavy (non-hydrogen) atoms. The van der Waals surface area contributed by atoms with Crippen LogP contribution < -0.4 is 5.56 Å². The molecule has 3 rings (SSSR count). The molecule has 1 aromatic heterocycles. The number of benzene rings is 1. The molecular formula is C16H16F2N2O2. The smallest absolute Gasteiger partial charge is 0.272 e. The van der Waals surface area contributed by atoms with Gasteiger partial charge in [0.05, 0.1) is 23.4 Å². The summed E-state index contributed by atoms with van der Waals surface area (Å²) in [6.45, 7) is 2.81. The van der Waals surface area contributed by atoms with Crippen molar-refractivity contribution in [3.8, 4) is 11.1 Å². The van der Waals surface area contributed by atoms with Crippen LogP contribution in [0.3, 0.4) is 0 Å². The lowest BCUT2D eigenvalue weighted by Gasteiger charge is -2.25. The first kappa shape index (κ1) is 14.8. The van der Waals surface area contributed by atoms with E-state index >= 15 is 0 Å². The average molecular weight is 306 g/mol. The SMILES string of the molecule is Cc1n[nH]c(=O)c(-c2c(F)cccc2F)c1C1CCCOC1. The van der Waals surface area contributed by atoms with E-state index in [9.17, 15) is 13.6 Å². The molecule has 1 atom stereocenters. The van der Waals surface area contributed by atoms with Crippen molar-refractivity contribution in [2.45, 2.75) is 25.7 Å². The summed E-state index contributed by atoms with van der Waals surface area (Å²) in [5.74, 6) is -1.60. The number of nitrogens with one attached hydrogen (secondary N) is 1. The van der Waals surface area contributed by atoms with E-state index in [1.165, 1.54) is 6.07 Å². The summed E-state index contributed by atoms with van der Waals surface area (Å²) in [5, 5.41) is 6.28. The van der Waals surface area contributed by atoms with E-state index < -0.39 is 17.2 Å². The van der Waals surface area contributed by atoms with Gasteiger partial charge < -0.3 is 4.74 Å². The van der Waals surface area contributed by atoms with Crippen LogP contribution in [0.5, 0.6) is 0 Å². The van der Waals surface area contributed by atoms with Crippen molar-refractivity contribution in [1.82, 2.24) is 10.2 Å². The van der Waals surface area contributed by atoms with E-state index in [0.29, 0.717) is 24.5 Å². The maximum absolute atomic E-state index is 14.2. The number of hydrogen-bond acceptors (Lipinski definition) is 3. The topological polar surface area (TPSA) is 55.0 Å².